The Morgan fingerprint density at radius 2 is 0.750 bits per heavy atom. The van der Waals surface area contributed by atoms with Gasteiger partial charge in [0.2, 0.25) is 0 Å². The first-order chi connectivity index (χ1) is 21.3. The second-order valence-electron chi connectivity index (χ2n) is 11.3. The summed E-state index contributed by atoms with van der Waals surface area (Å²) in [6.45, 7) is 8.71. The van der Waals surface area contributed by atoms with Crippen molar-refractivity contribution in [3.8, 4) is 56.4 Å². The van der Waals surface area contributed by atoms with Gasteiger partial charge in [0.15, 0.2) is 0 Å². The van der Waals surface area contributed by atoms with Crippen LogP contribution in [0.4, 0.5) is 0 Å². The van der Waals surface area contributed by atoms with Crippen LogP contribution in [0.5, 0.6) is 23.0 Å². The molecular weight excluding hydrogens is 544 g/mol. The minimum atomic E-state index is 0.766. The van der Waals surface area contributed by atoms with Gasteiger partial charge in [-0.15, -0.1) is 0 Å². The van der Waals surface area contributed by atoms with E-state index < -0.39 is 0 Å². The molecule has 0 aromatic heterocycles. The van der Waals surface area contributed by atoms with Crippen molar-refractivity contribution in [1.82, 2.24) is 0 Å². The average molecular weight is 583 g/mol. The smallest absolute Gasteiger partial charge is 0.126 e. The number of fused-ring (bicyclic) bond motifs is 2. The molecular formula is C40H38O4. The van der Waals surface area contributed by atoms with Gasteiger partial charge in [0, 0.05) is 12.1 Å². The molecule has 0 aliphatic carbocycles. The Kier molecular flexibility index (Phi) is 7.69. The van der Waals surface area contributed by atoms with Crippen LogP contribution in [0.15, 0.2) is 84.9 Å². The molecule has 6 rings (SSSR count). The molecule has 4 heteroatoms. The number of rotatable bonds is 7. The van der Waals surface area contributed by atoms with Crippen LogP contribution in [-0.2, 0) is 0 Å². The molecule has 0 fully saturated rings. The molecule has 0 unspecified atom stereocenters. The van der Waals surface area contributed by atoms with Gasteiger partial charge in [-0.3, -0.25) is 0 Å². The third kappa shape index (κ3) is 4.71. The maximum absolute atomic E-state index is 5.78. The zero-order chi connectivity index (χ0) is 31.1. The fraction of sp³-hybridized carbons (Fsp3) is 0.200. The van der Waals surface area contributed by atoms with Gasteiger partial charge in [0.05, 0.1) is 28.4 Å². The summed E-state index contributed by atoms with van der Waals surface area (Å²) in [6.07, 6.45) is 0. The summed E-state index contributed by atoms with van der Waals surface area (Å²) in [7, 11) is 6.81. The average Bonchev–Trinajstić information content (AvgIpc) is 3.05. The topological polar surface area (TPSA) is 36.9 Å². The second-order valence-corrected chi connectivity index (χ2v) is 11.3. The van der Waals surface area contributed by atoms with Crippen LogP contribution in [-0.4, -0.2) is 28.4 Å². The Bertz CT molecular complexity index is 1910. The first-order valence-corrected chi connectivity index (χ1v) is 14.8. The molecule has 0 saturated carbocycles. The Morgan fingerprint density at radius 1 is 0.386 bits per heavy atom. The van der Waals surface area contributed by atoms with Gasteiger partial charge in [-0.25, -0.2) is 0 Å². The van der Waals surface area contributed by atoms with E-state index in [4.69, 9.17) is 18.9 Å². The van der Waals surface area contributed by atoms with E-state index in [2.05, 4.69) is 100 Å². The molecule has 4 nitrogen and oxygen atoms in total. The Morgan fingerprint density at radius 3 is 1.11 bits per heavy atom. The van der Waals surface area contributed by atoms with E-state index in [9.17, 15) is 0 Å². The van der Waals surface area contributed by atoms with Crippen LogP contribution in [0.2, 0.25) is 0 Å². The molecule has 0 atom stereocenters. The van der Waals surface area contributed by atoms with Gasteiger partial charge >= 0.3 is 0 Å². The summed E-state index contributed by atoms with van der Waals surface area (Å²) in [5, 5.41) is 4.79. The molecule has 6 aromatic carbocycles. The van der Waals surface area contributed by atoms with Crippen LogP contribution in [0, 0.1) is 27.7 Å². The largest absolute Gasteiger partial charge is 0.497 e. The molecule has 44 heavy (non-hydrogen) atoms. The van der Waals surface area contributed by atoms with E-state index in [-0.39, 0.29) is 0 Å². The highest BCUT2D eigenvalue weighted by molar-refractivity contribution is 6.12. The van der Waals surface area contributed by atoms with E-state index in [0.29, 0.717) is 0 Å². The number of hydrogen-bond acceptors (Lipinski definition) is 4. The molecule has 0 heterocycles. The highest BCUT2D eigenvalue weighted by Crippen LogP contribution is 2.48. The van der Waals surface area contributed by atoms with Crippen molar-refractivity contribution in [3.05, 3.63) is 107 Å². The lowest BCUT2D eigenvalue weighted by Crippen LogP contribution is -2.00. The molecule has 6 aromatic rings. The maximum Gasteiger partial charge on any atom is 0.126 e. The molecule has 0 aliphatic rings. The first-order valence-electron chi connectivity index (χ1n) is 14.8. The van der Waals surface area contributed by atoms with Gasteiger partial charge < -0.3 is 18.9 Å². The van der Waals surface area contributed by atoms with E-state index in [1.165, 1.54) is 43.8 Å². The van der Waals surface area contributed by atoms with Crippen LogP contribution in [0.3, 0.4) is 0 Å². The maximum atomic E-state index is 5.78. The Labute approximate surface area is 259 Å². The molecule has 222 valence electrons. The van der Waals surface area contributed by atoms with Gasteiger partial charge in [-0.1, -0.05) is 48.5 Å². The summed E-state index contributed by atoms with van der Waals surface area (Å²) in [5.74, 6) is 3.14. The van der Waals surface area contributed by atoms with Crippen molar-refractivity contribution in [1.29, 1.82) is 0 Å². The fourth-order valence-corrected chi connectivity index (χ4v) is 6.65. The number of ether oxygens (including phenoxy) is 4. The molecule has 0 amide bonds. The Balaban J connectivity index is 1.77. The van der Waals surface area contributed by atoms with E-state index in [1.54, 1.807) is 28.4 Å². The monoisotopic (exact) mass is 582 g/mol. The first kappa shape index (κ1) is 29.1. The summed E-state index contributed by atoms with van der Waals surface area (Å²) in [4.78, 5) is 0. The van der Waals surface area contributed by atoms with Crippen molar-refractivity contribution < 1.29 is 18.9 Å². The van der Waals surface area contributed by atoms with Crippen molar-refractivity contribution in [2.24, 2.45) is 0 Å². The third-order valence-electron chi connectivity index (χ3n) is 9.03. The number of benzene rings is 6. The Hall–Kier alpha value is -4.96. The predicted octanol–water partition coefficient (Wildman–Crippen LogP) is 10.3. The van der Waals surface area contributed by atoms with Gasteiger partial charge in [-0.05, 0) is 129 Å². The van der Waals surface area contributed by atoms with Crippen LogP contribution in [0.1, 0.15) is 22.3 Å². The van der Waals surface area contributed by atoms with Crippen molar-refractivity contribution >= 4 is 21.5 Å². The molecule has 0 spiro atoms. The summed E-state index contributed by atoms with van der Waals surface area (Å²) >= 11 is 0. The standard InChI is InChI=1S/C40H38O4/c1-23-35(19-29(41-5)21-37(23)43-7)33-17-27-13-9-11-15-31(27)39(25(33)3)40-26(4)34(18-28-14-10-12-16-32(28)40)36-20-30(42-6)22-38(44-8)24(36)2/h9-22H,1-8H3. The quantitative estimate of drug-likeness (QED) is 0.188. The number of hydrogen-bond donors (Lipinski definition) is 0. The minimum absolute atomic E-state index is 0.766. The van der Waals surface area contributed by atoms with Crippen molar-refractivity contribution in [2.75, 3.05) is 28.4 Å². The van der Waals surface area contributed by atoms with Crippen molar-refractivity contribution in [3.63, 3.8) is 0 Å². The van der Waals surface area contributed by atoms with Crippen LogP contribution in [0.25, 0.3) is 54.9 Å². The lowest BCUT2D eigenvalue weighted by atomic mass is 9.81. The van der Waals surface area contributed by atoms with E-state index >= 15 is 0 Å². The van der Waals surface area contributed by atoms with Gasteiger partial charge in [-0.2, -0.15) is 0 Å². The van der Waals surface area contributed by atoms with Crippen molar-refractivity contribution in [2.45, 2.75) is 27.7 Å². The third-order valence-corrected chi connectivity index (χ3v) is 9.03. The van der Waals surface area contributed by atoms with Crippen LogP contribution >= 0.6 is 0 Å². The highest BCUT2D eigenvalue weighted by Gasteiger charge is 2.23. The molecule has 0 bridgehead atoms. The molecule has 0 radical (unpaired) electrons. The summed E-state index contributed by atoms with van der Waals surface area (Å²) in [6, 6.07) is 30.1. The van der Waals surface area contributed by atoms with E-state index in [0.717, 1.165) is 56.4 Å². The summed E-state index contributed by atoms with van der Waals surface area (Å²) < 4.78 is 23.0. The minimum Gasteiger partial charge on any atom is -0.497 e. The number of methoxy groups -OCH3 is 4. The summed E-state index contributed by atoms with van der Waals surface area (Å²) in [5.41, 5.74) is 11.5. The fourth-order valence-electron chi connectivity index (χ4n) is 6.65. The predicted molar refractivity (Wildman–Crippen MR) is 183 cm³/mol. The zero-order valence-electron chi connectivity index (χ0n) is 26.7. The SMILES string of the molecule is COc1cc(OC)c(C)c(-c2cc3ccccc3c(-c3c(C)c(-c4cc(OC)cc(OC)c4C)cc4ccccc34)c2C)c1. The van der Waals surface area contributed by atoms with Gasteiger partial charge in [0.25, 0.3) is 0 Å². The van der Waals surface area contributed by atoms with E-state index in [1.807, 2.05) is 12.1 Å². The van der Waals surface area contributed by atoms with Gasteiger partial charge in [0.1, 0.15) is 23.0 Å². The van der Waals surface area contributed by atoms with Crippen LogP contribution < -0.4 is 18.9 Å². The lowest BCUT2D eigenvalue weighted by molar-refractivity contribution is 0.392. The normalized spacial score (nSPS) is 11.2. The molecule has 0 aliphatic heterocycles. The molecule has 0 saturated heterocycles. The molecule has 0 N–H and O–H groups in total. The second kappa shape index (κ2) is 11.6. The zero-order valence-corrected chi connectivity index (χ0v) is 26.7. The lowest BCUT2D eigenvalue weighted by Gasteiger charge is -2.23. The highest BCUT2D eigenvalue weighted by atomic mass is 16.5.